The van der Waals surface area contributed by atoms with Gasteiger partial charge in [-0.1, -0.05) is 60.7 Å². The van der Waals surface area contributed by atoms with E-state index >= 15 is 0 Å². The van der Waals surface area contributed by atoms with Gasteiger partial charge in [0.1, 0.15) is 0 Å². The van der Waals surface area contributed by atoms with Crippen LogP contribution < -0.4 is 11.5 Å². The van der Waals surface area contributed by atoms with Crippen LogP contribution in [0.15, 0.2) is 60.7 Å². The Morgan fingerprint density at radius 2 is 0.792 bits per heavy atom. The minimum Gasteiger partial charge on any atom is -0.370 e. The van der Waals surface area contributed by atoms with Gasteiger partial charge in [-0.05, 0) is 0 Å². The molecule has 2 rings (SSSR count). The van der Waals surface area contributed by atoms with Crippen LogP contribution in [0.3, 0.4) is 0 Å². The van der Waals surface area contributed by atoms with Crippen LogP contribution >= 0.6 is 0 Å². The number of Topliss-reactive ketones (excluding diaryl/α,β-unsaturated/α-hetero) is 2. The molecular weight excluding hydrogens is 308 g/mol. The second kappa shape index (κ2) is 11.3. The first-order chi connectivity index (χ1) is 11.3. The molecule has 0 aliphatic rings. The zero-order valence-corrected chi connectivity index (χ0v) is 13.6. The fraction of sp³-hybridized carbons (Fsp3) is 0.111. The lowest BCUT2D eigenvalue weighted by molar-refractivity contribution is -0.116. The quantitative estimate of drug-likeness (QED) is 0.658. The fourth-order valence-corrected chi connectivity index (χ4v) is 1.44. The van der Waals surface area contributed by atoms with Crippen molar-refractivity contribution in [3.8, 4) is 0 Å². The standard InChI is InChI=1S/C14H10O2.2C2H5NO/c15-13(11-7-3-1-4-8-11)14(16)12-9-5-2-6-10-12;2*1-2(3)4/h1-10H;2*1H3,(H2,3,4). The van der Waals surface area contributed by atoms with Gasteiger partial charge in [0.15, 0.2) is 0 Å². The van der Waals surface area contributed by atoms with Crippen LogP contribution in [0, 0.1) is 0 Å². The van der Waals surface area contributed by atoms with E-state index in [9.17, 15) is 19.2 Å². The van der Waals surface area contributed by atoms with Gasteiger partial charge in [-0.25, -0.2) is 0 Å². The Morgan fingerprint density at radius 3 is 1.00 bits per heavy atom. The van der Waals surface area contributed by atoms with Crippen LogP contribution in [-0.4, -0.2) is 23.4 Å². The van der Waals surface area contributed by atoms with Crippen molar-refractivity contribution in [2.24, 2.45) is 11.5 Å². The molecule has 0 unspecified atom stereocenters. The molecule has 0 bridgehead atoms. The van der Waals surface area contributed by atoms with Gasteiger partial charge in [0.2, 0.25) is 23.4 Å². The third-order valence-electron chi connectivity index (χ3n) is 2.28. The van der Waals surface area contributed by atoms with E-state index < -0.39 is 11.6 Å². The Balaban J connectivity index is 0.000000558. The third kappa shape index (κ3) is 9.62. The van der Waals surface area contributed by atoms with Crippen LogP contribution in [0.1, 0.15) is 34.6 Å². The smallest absolute Gasteiger partial charge is 0.233 e. The van der Waals surface area contributed by atoms with Crippen LogP contribution in [0.25, 0.3) is 0 Å². The molecule has 0 spiro atoms. The maximum Gasteiger partial charge on any atom is 0.233 e. The second-order valence-corrected chi connectivity index (χ2v) is 4.61. The van der Waals surface area contributed by atoms with Gasteiger partial charge in [0.05, 0.1) is 0 Å². The minimum absolute atomic E-state index is 0.333. The number of benzene rings is 2. The summed E-state index contributed by atoms with van der Waals surface area (Å²) >= 11 is 0. The molecule has 6 nitrogen and oxygen atoms in total. The zero-order chi connectivity index (χ0) is 18.5. The monoisotopic (exact) mass is 328 g/mol. The van der Waals surface area contributed by atoms with Crippen LogP contribution in [0.5, 0.6) is 0 Å². The van der Waals surface area contributed by atoms with Crippen LogP contribution in [0.2, 0.25) is 0 Å². The van der Waals surface area contributed by atoms with Gasteiger partial charge in [0.25, 0.3) is 0 Å². The highest BCUT2D eigenvalue weighted by atomic mass is 16.2. The first-order valence-electron chi connectivity index (χ1n) is 6.97. The van der Waals surface area contributed by atoms with E-state index in [4.69, 9.17) is 0 Å². The van der Waals surface area contributed by atoms with Gasteiger partial charge in [0, 0.05) is 25.0 Å². The molecular formula is C18H20N2O4. The first kappa shape index (κ1) is 20.7. The highest BCUT2D eigenvalue weighted by molar-refractivity contribution is 6.49. The number of nitrogens with two attached hydrogens (primary N) is 2. The maximum absolute atomic E-state index is 11.8. The lowest BCUT2D eigenvalue weighted by atomic mass is 10.0. The number of rotatable bonds is 3. The number of amides is 2. The summed E-state index contributed by atoms with van der Waals surface area (Å²) < 4.78 is 0. The second-order valence-electron chi connectivity index (χ2n) is 4.61. The van der Waals surface area contributed by atoms with Crippen LogP contribution in [0.4, 0.5) is 0 Å². The Kier molecular flexibility index (Phi) is 9.76. The minimum atomic E-state index is -0.466. The van der Waals surface area contributed by atoms with Crippen molar-refractivity contribution in [1.82, 2.24) is 0 Å². The van der Waals surface area contributed by atoms with Gasteiger partial charge in [-0.3, -0.25) is 19.2 Å². The molecule has 0 atom stereocenters. The zero-order valence-electron chi connectivity index (χ0n) is 13.6. The highest BCUT2D eigenvalue weighted by Crippen LogP contribution is 2.07. The van der Waals surface area contributed by atoms with Crippen molar-refractivity contribution >= 4 is 23.4 Å². The summed E-state index contributed by atoms with van der Waals surface area (Å²) in [6.45, 7) is 2.61. The third-order valence-corrected chi connectivity index (χ3v) is 2.28. The number of carbonyl (C=O) groups excluding carboxylic acids is 4. The van der Waals surface area contributed by atoms with Crippen molar-refractivity contribution in [2.45, 2.75) is 13.8 Å². The summed E-state index contributed by atoms with van der Waals surface area (Å²) in [6.07, 6.45) is 0. The molecule has 0 aliphatic heterocycles. The Hall–Kier alpha value is -3.28. The summed E-state index contributed by atoms with van der Waals surface area (Å²) in [4.78, 5) is 42.0. The van der Waals surface area contributed by atoms with Gasteiger partial charge >= 0.3 is 0 Å². The van der Waals surface area contributed by atoms with Crippen molar-refractivity contribution in [3.63, 3.8) is 0 Å². The van der Waals surface area contributed by atoms with E-state index in [1.807, 2.05) is 12.1 Å². The van der Waals surface area contributed by atoms with Gasteiger partial charge in [-0.2, -0.15) is 0 Å². The normalized spacial score (nSPS) is 8.58. The predicted octanol–water partition coefficient (Wildman–Crippen LogP) is 1.74. The Labute approximate surface area is 140 Å². The average molecular weight is 328 g/mol. The molecule has 2 amide bonds. The molecule has 126 valence electrons. The highest BCUT2D eigenvalue weighted by Gasteiger charge is 2.16. The molecule has 0 aromatic heterocycles. The van der Waals surface area contributed by atoms with E-state index in [0.717, 1.165) is 0 Å². The molecule has 0 aliphatic carbocycles. The molecule has 0 saturated carbocycles. The van der Waals surface area contributed by atoms with Crippen LogP contribution in [-0.2, 0) is 9.59 Å². The van der Waals surface area contributed by atoms with Crippen molar-refractivity contribution < 1.29 is 19.2 Å². The first-order valence-corrected chi connectivity index (χ1v) is 6.97. The number of hydrogen-bond acceptors (Lipinski definition) is 4. The lowest BCUT2D eigenvalue weighted by Crippen LogP contribution is -2.14. The number of primary amides is 2. The molecule has 6 heteroatoms. The van der Waals surface area contributed by atoms with E-state index in [-0.39, 0.29) is 11.8 Å². The summed E-state index contributed by atoms with van der Waals surface area (Å²) in [6, 6.07) is 17.2. The van der Waals surface area contributed by atoms with E-state index in [2.05, 4.69) is 11.5 Å². The summed E-state index contributed by atoms with van der Waals surface area (Å²) in [7, 11) is 0. The topological polar surface area (TPSA) is 120 Å². The van der Waals surface area contributed by atoms with Crippen molar-refractivity contribution in [3.05, 3.63) is 71.8 Å². The summed E-state index contributed by atoms with van der Waals surface area (Å²) in [5.74, 6) is -1.60. The molecule has 0 fully saturated rings. The summed E-state index contributed by atoms with van der Waals surface area (Å²) in [5.41, 5.74) is 9.80. The molecule has 0 heterocycles. The molecule has 4 N–H and O–H groups in total. The largest absolute Gasteiger partial charge is 0.370 e. The predicted molar refractivity (Wildman–Crippen MR) is 91.3 cm³/mol. The fourth-order valence-electron chi connectivity index (χ4n) is 1.44. The van der Waals surface area contributed by atoms with Gasteiger partial charge in [-0.15, -0.1) is 0 Å². The number of hydrogen-bond donors (Lipinski definition) is 2. The Morgan fingerprint density at radius 1 is 0.583 bits per heavy atom. The van der Waals surface area contributed by atoms with Crippen molar-refractivity contribution in [2.75, 3.05) is 0 Å². The molecule has 0 saturated heterocycles. The molecule has 2 aromatic carbocycles. The molecule has 24 heavy (non-hydrogen) atoms. The average Bonchev–Trinajstić information content (AvgIpc) is 2.54. The Bertz CT molecular complexity index is 613. The van der Waals surface area contributed by atoms with E-state index in [0.29, 0.717) is 11.1 Å². The molecule has 2 aromatic rings. The van der Waals surface area contributed by atoms with Crippen molar-refractivity contribution in [1.29, 1.82) is 0 Å². The number of carbonyl (C=O) groups is 4. The van der Waals surface area contributed by atoms with E-state index in [1.54, 1.807) is 48.5 Å². The van der Waals surface area contributed by atoms with E-state index in [1.165, 1.54) is 13.8 Å². The molecule has 0 radical (unpaired) electrons. The van der Waals surface area contributed by atoms with Gasteiger partial charge < -0.3 is 11.5 Å². The lowest BCUT2D eigenvalue weighted by Gasteiger charge is -1.99. The maximum atomic E-state index is 11.8. The summed E-state index contributed by atoms with van der Waals surface area (Å²) in [5, 5.41) is 0. The SMILES string of the molecule is CC(N)=O.CC(N)=O.O=C(C(=O)c1ccccc1)c1ccccc1. The number of ketones is 2.